The van der Waals surface area contributed by atoms with Crippen molar-refractivity contribution in [3.05, 3.63) is 48.7 Å². The summed E-state index contributed by atoms with van der Waals surface area (Å²) in [5.74, 6) is 0. The topological polar surface area (TPSA) is 101 Å². The van der Waals surface area contributed by atoms with Gasteiger partial charge in [-0.05, 0) is 24.3 Å². The van der Waals surface area contributed by atoms with Crippen molar-refractivity contribution in [2.24, 2.45) is 0 Å². The van der Waals surface area contributed by atoms with Gasteiger partial charge >= 0.3 is 0 Å². The van der Waals surface area contributed by atoms with E-state index >= 15 is 0 Å². The van der Waals surface area contributed by atoms with E-state index in [1.54, 1.807) is 48.7 Å². The van der Waals surface area contributed by atoms with E-state index in [9.17, 15) is 8.42 Å². The Morgan fingerprint density at radius 2 is 1.81 bits per heavy atom. The zero-order valence-electron chi connectivity index (χ0n) is 14.1. The number of hydrogen-bond donors (Lipinski definition) is 2. The average Bonchev–Trinajstić information content (AvgIpc) is 2.68. The molecular formula is C18H19N5O2S. The highest BCUT2D eigenvalue weighted by atomic mass is 32.2. The number of nitrogens with one attached hydrogen (secondary N) is 1. The van der Waals surface area contributed by atoms with Gasteiger partial charge in [0.05, 0.1) is 27.8 Å². The number of fused-ring (bicyclic) bond motifs is 1. The van der Waals surface area contributed by atoms with Gasteiger partial charge in [-0.3, -0.25) is 4.98 Å². The van der Waals surface area contributed by atoms with Crippen molar-refractivity contribution in [1.29, 1.82) is 0 Å². The molecule has 0 aliphatic carbocycles. The number of nitrogen functional groups attached to an aromatic ring is 1. The first-order chi connectivity index (χ1) is 12.6. The molecule has 7 nitrogen and oxygen atoms in total. The molecule has 1 aliphatic heterocycles. The van der Waals surface area contributed by atoms with E-state index in [0.29, 0.717) is 54.2 Å². The summed E-state index contributed by atoms with van der Waals surface area (Å²) >= 11 is 0. The van der Waals surface area contributed by atoms with Gasteiger partial charge in [0.25, 0.3) is 0 Å². The van der Waals surface area contributed by atoms with Crippen LogP contribution >= 0.6 is 0 Å². The molecular weight excluding hydrogens is 350 g/mol. The first-order valence-corrected chi connectivity index (χ1v) is 9.82. The summed E-state index contributed by atoms with van der Waals surface area (Å²) in [4.78, 5) is 9.24. The minimum Gasteiger partial charge on any atom is -0.399 e. The molecule has 134 valence electrons. The standard InChI is InChI=1S/C18H19N5O2S/c19-13-5-6-15-16(11-13)21-12-17(22-15)14-3-1-2-4-18(14)26(24,25)23-9-7-20-8-10-23/h1-6,11-12,20H,7-10,19H2. The maximum Gasteiger partial charge on any atom is 0.243 e. The number of sulfonamides is 1. The molecule has 3 aromatic rings. The smallest absolute Gasteiger partial charge is 0.243 e. The number of rotatable bonds is 3. The lowest BCUT2D eigenvalue weighted by Crippen LogP contribution is -2.46. The Morgan fingerprint density at radius 3 is 2.62 bits per heavy atom. The third kappa shape index (κ3) is 3.03. The van der Waals surface area contributed by atoms with Crippen molar-refractivity contribution >= 4 is 26.7 Å². The largest absolute Gasteiger partial charge is 0.399 e. The number of hydrogen-bond acceptors (Lipinski definition) is 6. The van der Waals surface area contributed by atoms with Gasteiger partial charge in [0, 0.05) is 37.4 Å². The van der Waals surface area contributed by atoms with Crippen LogP contribution in [0.4, 0.5) is 5.69 Å². The lowest BCUT2D eigenvalue weighted by atomic mass is 10.1. The minimum absolute atomic E-state index is 0.256. The van der Waals surface area contributed by atoms with Crippen molar-refractivity contribution in [2.45, 2.75) is 4.90 Å². The summed E-state index contributed by atoms with van der Waals surface area (Å²) in [6.45, 7) is 2.22. The zero-order valence-corrected chi connectivity index (χ0v) is 14.9. The summed E-state index contributed by atoms with van der Waals surface area (Å²) in [6.07, 6.45) is 1.59. The second kappa shape index (κ2) is 6.64. The van der Waals surface area contributed by atoms with Crippen molar-refractivity contribution < 1.29 is 8.42 Å². The number of aromatic nitrogens is 2. The van der Waals surface area contributed by atoms with E-state index in [0.717, 1.165) is 0 Å². The second-order valence-electron chi connectivity index (χ2n) is 6.15. The highest BCUT2D eigenvalue weighted by Crippen LogP contribution is 2.29. The summed E-state index contributed by atoms with van der Waals surface area (Å²) < 4.78 is 27.8. The third-order valence-electron chi connectivity index (χ3n) is 4.42. The summed E-state index contributed by atoms with van der Waals surface area (Å²) in [6, 6.07) is 12.2. The van der Waals surface area contributed by atoms with Gasteiger partial charge in [0.1, 0.15) is 0 Å². The Balaban J connectivity index is 1.82. The molecule has 1 saturated heterocycles. The van der Waals surface area contributed by atoms with Crippen LogP contribution in [0.3, 0.4) is 0 Å². The molecule has 1 fully saturated rings. The van der Waals surface area contributed by atoms with Crippen LogP contribution in [0.5, 0.6) is 0 Å². The van der Waals surface area contributed by atoms with Gasteiger partial charge in [-0.2, -0.15) is 4.31 Å². The van der Waals surface area contributed by atoms with Crippen LogP contribution in [0.15, 0.2) is 53.6 Å². The third-order valence-corrected chi connectivity index (χ3v) is 6.38. The number of nitrogens with two attached hydrogens (primary N) is 1. The number of benzene rings is 2. The molecule has 0 saturated carbocycles. The highest BCUT2D eigenvalue weighted by molar-refractivity contribution is 7.89. The Kier molecular flexibility index (Phi) is 4.31. The van der Waals surface area contributed by atoms with Crippen molar-refractivity contribution in [2.75, 3.05) is 31.9 Å². The van der Waals surface area contributed by atoms with Crippen LogP contribution in [0.2, 0.25) is 0 Å². The molecule has 0 atom stereocenters. The van der Waals surface area contributed by atoms with E-state index in [4.69, 9.17) is 5.73 Å². The maximum atomic E-state index is 13.1. The predicted molar refractivity (Wildman–Crippen MR) is 101 cm³/mol. The highest BCUT2D eigenvalue weighted by Gasteiger charge is 2.28. The predicted octanol–water partition coefficient (Wildman–Crippen LogP) is 1.47. The molecule has 1 aliphatic rings. The fourth-order valence-corrected chi connectivity index (χ4v) is 4.73. The monoisotopic (exact) mass is 369 g/mol. The van der Waals surface area contributed by atoms with Crippen LogP contribution in [-0.4, -0.2) is 48.9 Å². The number of anilines is 1. The number of piperazine rings is 1. The van der Waals surface area contributed by atoms with Crippen LogP contribution in [0.25, 0.3) is 22.3 Å². The fraction of sp³-hybridized carbons (Fsp3) is 0.222. The lowest BCUT2D eigenvalue weighted by Gasteiger charge is -2.27. The van der Waals surface area contributed by atoms with Crippen molar-refractivity contribution in [1.82, 2.24) is 19.6 Å². The van der Waals surface area contributed by atoms with E-state index < -0.39 is 10.0 Å². The Bertz CT molecular complexity index is 1060. The molecule has 4 rings (SSSR count). The van der Waals surface area contributed by atoms with Crippen LogP contribution < -0.4 is 11.1 Å². The molecule has 2 heterocycles. The van der Waals surface area contributed by atoms with E-state index in [1.165, 1.54) is 4.31 Å². The maximum absolute atomic E-state index is 13.1. The average molecular weight is 369 g/mol. The molecule has 3 N–H and O–H groups in total. The second-order valence-corrected chi connectivity index (χ2v) is 8.06. The van der Waals surface area contributed by atoms with Gasteiger partial charge in [-0.25, -0.2) is 13.4 Å². The molecule has 2 aromatic carbocycles. The summed E-state index contributed by atoms with van der Waals surface area (Å²) in [7, 11) is -3.60. The van der Waals surface area contributed by atoms with Crippen LogP contribution in [-0.2, 0) is 10.0 Å². The lowest BCUT2D eigenvalue weighted by molar-refractivity contribution is 0.360. The normalized spacial score (nSPS) is 16.0. The molecule has 0 bridgehead atoms. The van der Waals surface area contributed by atoms with Crippen molar-refractivity contribution in [3.8, 4) is 11.3 Å². The van der Waals surface area contributed by atoms with Crippen LogP contribution in [0.1, 0.15) is 0 Å². The first kappa shape index (κ1) is 16.9. The van der Waals surface area contributed by atoms with Crippen molar-refractivity contribution in [3.63, 3.8) is 0 Å². The summed E-state index contributed by atoms with van der Waals surface area (Å²) in [5, 5.41) is 3.17. The van der Waals surface area contributed by atoms with Gasteiger partial charge in [-0.1, -0.05) is 18.2 Å². The van der Waals surface area contributed by atoms with E-state index in [1.807, 2.05) is 0 Å². The molecule has 1 aromatic heterocycles. The Morgan fingerprint density at radius 1 is 1.04 bits per heavy atom. The number of nitrogens with zero attached hydrogens (tertiary/aromatic N) is 3. The quantitative estimate of drug-likeness (QED) is 0.678. The Labute approximate surface area is 151 Å². The molecule has 0 spiro atoms. The van der Waals surface area contributed by atoms with E-state index in [-0.39, 0.29) is 4.90 Å². The van der Waals surface area contributed by atoms with Gasteiger partial charge in [-0.15, -0.1) is 0 Å². The molecule has 0 unspecified atom stereocenters. The Hall–Kier alpha value is -2.55. The molecule has 26 heavy (non-hydrogen) atoms. The van der Waals surface area contributed by atoms with E-state index in [2.05, 4.69) is 15.3 Å². The van der Waals surface area contributed by atoms with Gasteiger partial charge in [0.2, 0.25) is 10.0 Å². The SMILES string of the molecule is Nc1ccc2nc(-c3ccccc3S(=O)(=O)N3CCNCC3)cnc2c1. The molecule has 0 radical (unpaired) electrons. The summed E-state index contributed by atoms with van der Waals surface area (Å²) in [5.41, 5.74) is 8.82. The van der Waals surface area contributed by atoms with Gasteiger partial charge < -0.3 is 11.1 Å². The first-order valence-electron chi connectivity index (χ1n) is 8.38. The minimum atomic E-state index is -3.60. The molecule has 0 amide bonds. The zero-order chi connectivity index (χ0) is 18.1. The van der Waals surface area contributed by atoms with Gasteiger partial charge in [0.15, 0.2) is 0 Å². The van der Waals surface area contributed by atoms with Crippen LogP contribution in [0, 0.1) is 0 Å². The molecule has 8 heteroatoms. The fourth-order valence-electron chi connectivity index (χ4n) is 3.08.